The minimum Gasteiger partial charge on any atom is -0.319 e. The second-order valence-corrected chi connectivity index (χ2v) is 5.32. The van der Waals surface area contributed by atoms with E-state index in [1.54, 1.807) is 0 Å². The van der Waals surface area contributed by atoms with Gasteiger partial charge in [0.1, 0.15) is 0 Å². The Morgan fingerprint density at radius 2 is 2.00 bits per heavy atom. The summed E-state index contributed by atoms with van der Waals surface area (Å²) in [4.78, 5) is 0. The molecule has 0 bridgehead atoms. The first-order valence-corrected chi connectivity index (χ1v) is 6.50. The van der Waals surface area contributed by atoms with Crippen molar-refractivity contribution in [2.75, 3.05) is 13.6 Å². The molecule has 1 atom stereocenters. The predicted octanol–water partition coefficient (Wildman–Crippen LogP) is 3.55. The van der Waals surface area contributed by atoms with Crippen LogP contribution >= 0.6 is 15.9 Å². The molecular weight excluding hydrogens is 250 g/mol. The van der Waals surface area contributed by atoms with Gasteiger partial charge in [0.15, 0.2) is 0 Å². The van der Waals surface area contributed by atoms with Gasteiger partial charge in [-0.3, -0.25) is 0 Å². The maximum Gasteiger partial charge on any atom is 0.0175 e. The van der Waals surface area contributed by atoms with E-state index < -0.39 is 0 Å². The van der Waals surface area contributed by atoms with Crippen LogP contribution in [0.5, 0.6) is 0 Å². The Morgan fingerprint density at radius 3 is 2.47 bits per heavy atom. The molecule has 15 heavy (non-hydrogen) atoms. The fraction of sp³-hybridized carbons (Fsp3) is 0.538. The quantitative estimate of drug-likeness (QED) is 0.880. The Balaban J connectivity index is 2.12. The molecule has 2 rings (SSSR count). The first-order valence-electron chi connectivity index (χ1n) is 5.71. The number of hydrogen-bond donors (Lipinski definition) is 1. The number of hydrogen-bond acceptors (Lipinski definition) is 1. The Morgan fingerprint density at radius 1 is 1.33 bits per heavy atom. The highest BCUT2D eigenvalue weighted by atomic mass is 79.9. The van der Waals surface area contributed by atoms with E-state index in [0.717, 1.165) is 12.5 Å². The largest absolute Gasteiger partial charge is 0.319 e. The normalized spacial score (nSPS) is 18.5. The molecular formula is C13H18BrN. The van der Waals surface area contributed by atoms with Gasteiger partial charge >= 0.3 is 0 Å². The molecule has 1 aliphatic carbocycles. The Bertz CT molecular complexity index is 303. The summed E-state index contributed by atoms with van der Waals surface area (Å²) in [7, 11) is 2.05. The summed E-state index contributed by atoms with van der Waals surface area (Å²) >= 11 is 3.49. The van der Waals surface area contributed by atoms with Gasteiger partial charge in [-0.15, -0.1) is 0 Å². The fourth-order valence-corrected chi connectivity index (χ4v) is 2.59. The molecule has 0 aromatic heterocycles. The van der Waals surface area contributed by atoms with E-state index in [-0.39, 0.29) is 0 Å². The first kappa shape index (κ1) is 11.2. The van der Waals surface area contributed by atoms with Crippen molar-refractivity contribution in [3.05, 3.63) is 34.3 Å². The number of rotatable bonds is 4. The molecule has 0 heterocycles. The van der Waals surface area contributed by atoms with Crippen LogP contribution in [0.25, 0.3) is 0 Å². The van der Waals surface area contributed by atoms with Crippen molar-refractivity contribution in [2.45, 2.75) is 25.2 Å². The molecule has 1 fully saturated rings. The van der Waals surface area contributed by atoms with Gasteiger partial charge in [0.05, 0.1) is 0 Å². The van der Waals surface area contributed by atoms with Crippen LogP contribution in [0.1, 0.15) is 30.7 Å². The Kier molecular flexibility index (Phi) is 3.81. The summed E-state index contributed by atoms with van der Waals surface area (Å²) in [5.41, 5.74) is 1.48. The third kappa shape index (κ3) is 2.61. The Hall–Kier alpha value is -0.340. The van der Waals surface area contributed by atoms with Crippen molar-refractivity contribution in [1.29, 1.82) is 0 Å². The predicted molar refractivity (Wildman–Crippen MR) is 68.2 cm³/mol. The molecule has 82 valence electrons. The average Bonchev–Trinajstić information content (AvgIpc) is 2.16. The minimum absolute atomic E-state index is 0.705. The van der Waals surface area contributed by atoms with E-state index in [0.29, 0.717) is 5.92 Å². The zero-order valence-electron chi connectivity index (χ0n) is 9.17. The maximum absolute atomic E-state index is 3.49. The highest BCUT2D eigenvalue weighted by Crippen LogP contribution is 2.39. The molecule has 1 saturated carbocycles. The molecule has 1 aromatic carbocycles. The lowest BCUT2D eigenvalue weighted by Crippen LogP contribution is -2.28. The third-order valence-corrected chi connectivity index (χ3v) is 3.97. The topological polar surface area (TPSA) is 12.0 Å². The van der Waals surface area contributed by atoms with Crippen LogP contribution in [0, 0.1) is 5.92 Å². The van der Waals surface area contributed by atoms with Crippen LogP contribution in [0.4, 0.5) is 0 Å². The van der Waals surface area contributed by atoms with Gasteiger partial charge in [0.25, 0.3) is 0 Å². The number of benzene rings is 1. The van der Waals surface area contributed by atoms with Gasteiger partial charge in [-0.25, -0.2) is 0 Å². The molecule has 0 saturated heterocycles. The molecule has 0 spiro atoms. The van der Waals surface area contributed by atoms with Crippen molar-refractivity contribution in [3.8, 4) is 0 Å². The highest BCUT2D eigenvalue weighted by Gasteiger charge is 2.27. The lowest BCUT2D eigenvalue weighted by molar-refractivity contribution is 0.257. The zero-order chi connectivity index (χ0) is 10.7. The first-order chi connectivity index (χ1) is 7.31. The van der Waals surface area contributed by atoms with E-state index in [9.17, 15) is 0 Å². The molecule has 1 N–H and O–H groups in total. The van der Waals surface area contributed by atoms with Gasteiger partial charge in [0, 0.05) is 11.0 Å². The van der Waals surface area contributed by atoms with Crippen LogP contribution in [0.15, 0.2) is 28.7 Å². The third-order valence-electron chi connectivity index (χ3n) is 3.44. The molecule has 1 unspecified atom stereocenters. The molecule has 1 aromatic rings. The zero-order valence-corrected chi connectivity index (χ0v) is 10.8. The summed E-state index contributed by atoms with van der Waals surface area (Å²) in [6, 6.07) is 8.81. The summed E-state index contributed by atoms with van der Waals surface area (Å²) in [6.45, 7) is 1.10. The summed E-state index contributed by atoms with van der Waals surface area (Å²) < 4.78 is 1.17. The van der Waals surface area contributed by atoms with Gasteiger partial charge in [0.2, 0.25) is 0 Å². The fourth-order valence-electron chi connectivity index (χ4n) is 2.33. The van der Waals surface area contributed by atoms with E-state index in [4.69, 9.17) is 0 Å². The Labute approximate surface area is 100 Å². The van der Waals surface area contributed by atoms with Crippen LogP contribution in [0.3, 0.4) is 0 Å². The van der Waals surface area contributed by atoms with E-state index >= 15 is 0 Å². The lowest BCUT2D eigenvalue weighted by Gasteiger charge is -2.34. The molecule has 1 aliphatic rings. The summed E-state index contributed by atoms with van der Waals surface area (Å²) in [5.74, 6) is 1.61. The van der Waals surface area contributed by atoms with Crippen LogP contribution in [-0.4, -0.2) is 13.6 Å². The molecule has 0 radical (unpaired) electrons. The van der Waals surface area contributed by atoms with E-state index in [1.807, 2.05) is 7.05 Å². The van der Waals surface area contributed by atoms with Crippen molar-refractivity contribution >= 4 is 15.9 Å². The van der Waals surface area contributed by atoms with Gasteiger partial charge in [-0.1, -0.05) is 34.5 Å². The van der Waals surface area contributed by atoms with E-state index in [2.05, 4.69) is 45.5 Å². The minimum atomic E-state index is 0.705. The van der Waals surface area contributed by atoms with Gasteiger partial charge < -0.3 is 5.32 Å². The number of nitrogens with one attached hydrogen (secondary N) is 1. The maximum atomic E-state index is 3.49. The average molecular weight is 268 g/mol. The number of halogens is 1. The lowest BCUT2D eigenvalue weighted by atomic mass is 9.73. The van der Waals surface area contributed by atoms with Crippen LogP contribution < -0.4 is 5.32 Å². The van der Waals surface area contributed by atoms with Crippen LogP contribution in [0.2, 0.25) is 0 Å². The van der Waals surface area contributed by atoms with E-state index in [1.165, 1.54) is 29.3 Å². The summed E-state index contributed by atoms with van der Waals surface area (Å²) in [6.07, 6.45) is 4.23. The smallest absolute Gasteiger partial charge is 0.0175 e. The molecule has 0 aliphatic heterocycles. The monoisotopic (exact) mass is 267 g/mol. The van der Waals surface area contributed by atoms with Gasteiger partial charge in [-0.05, 0) is 49.4 Å². The van der Waals surface area contributed by atoms with Crippen LogP contribution in [-0.2, 0) is 0 Å². The van der Waals surface area contributed by atoms with Crippen molar-refractivity contribution in [1.82, 2.24) is 5.32 Å². The molecule has 2 heteroatoms. The summed E-state index contributed by atoms with van der Waals surface area (Å²) in [5, 5.41) is 3.32. The van der Waals surface area contributed by atoms with Gasteiger partial charge in [-0.2, -0.15) is 0 Å². The standard InChI is InChI=1S/C13H18BrN/c1-15-9-13(10-3-2-4-10)11-5-7-12(14)8-6-11/h5-8,10,13,15H,2-4,9H2,1H3. The molecule has 1 nitrogen and oxygen atoms in total. The molecule has 0 amide bonds. The van der Waals surface area contributed by atoms with Crippen molar-refractivity contribution < 1.29 is 0 Å². The highest BCUT2D eigenvalue weighted by molar-refractivity contribution is 9.10. The second kappa shape index (κ2) is 5.13. The van der Waals surface area contributed by atoms with Crippen molar-refractivity contribution in [3.63, 3.8) is 0 Å². The van der Waals surface area contributed by atoms with Crippen molar-refractivity contribution in [2.24, 2.45) is 5.92 Å². The SMILES string of the molecule is CNCC(c1ccc(Br)cc1)C1CCC1. The second-order valence-electron chi connectivity index (χ2n) is 4.41. The number of likely N-dealkylation sites (N-methyl/N-ethyl adjacent to an activating group) is 1.